The van der Waals surface area contributed by atoms with Gasteiger partial charge in [0, 0.05) is 48.4 Å². The number of anilines is 2. The second kappa shape index (κ2) is 10.9. The van der Waals surface area contributed by atoms with Gasteiger partial charge in [-0.1, -0.05) is 17.7 Å². The number of aliphatic hydroxyl groups is 1. The summed E-state index contributed by atoms with van der Waals surface area (Å²) in [5.74, 6) is -1.23. The molecule has 0 radical (unpaired) electrons. The van der Waals surface area contributed by atoms with Crippen LogP contribution in [0.1, 0.15) is 47.4 Å². The number of nitrogens with one attached hydrogen (secondary N) is 1. The lowest BCUT2D eigenvalue weighted by atomic mass is 10.0. The van der Waals surface area contributed by atoms with Gasteiger partial charge in [-0.3, -0.25) is 14.5 Å². The second-order valence-electron chi connectivity index (χ2n) is 8.96. The van der Waals surface area contributed by atoms with Gasteiger partial charge in [-0.2, -0.15) is 5.10 Å². The van der Waals surface area contributed by atoms with E-state index in [2.05, 4.69) is 30.4 Å². The van der Waals surface area contributed by atoms with E-state index < -0.39 is 29.3 Å². The number of nitrogens with zero attached hydrogens (tertiary/aromatic N) is 7. The number of rotatable bonds is 7. The molecule has 14 heteroatoms. The fraction of sp³-hybridized carbons (Fsp3) is 0.280. The molecule has 1 fully saturated rings. The van der Waals surface area contributed by atoms with Crippen LogP contribution in [0.25, 0.3) is 11.3 Å². The highest BCUT2D eigenvalue weighted by molar-refractivity contribution is 6.31. The number of halogens is 4. The molecule has 4 aromatic rings. The lowest BCUT2D eigenvalue weighted by molar-refractivity contribution is 0.102. The maximum atomic E-state index is 14.7. The van der Waals surface area contributed by atoms with E-state index in [1.165, 1.54) is 6.20 Å². The Morgan fingerprint density at radius 1 is 1.18 bits per heavy atom. The van der Waals surface area contributed by atoms with E-state index in [4.69, 9.17) is 11.6 Å². The van der Waals surface area contributed by atoms with Crippen molar-refractivity contribution < 1.29 is 23.1 Å². The van der Waals surface area contributed by atoms with E-state index in [1.807, 2.05) is 11.8 Å². The average Bonchev–Trinajstić information content (AvgIpc) is 3.59. The van der Waals surface area contributed by atoms with Crippen molar-refractivity contribution in [1.82, 2.24) is 29.7 Å². The smallest absolute Gasteiger partial charge is 0.275 e. The Balaban J connectivity index is 1.30. The Morgan fingerprint density at radius 2 is 1.95 bits per heavy atom. The van der Waals surface area contributed by atoms with Crippen LogP contribution in [-0.2, 0) is 0 Å². The summed E-state index contributed by atoms with van der Waals surface area (Å²) in [5.41, 5.74) is -0.496. The number of aromatic nitrogens is 6. The van der Waals surface area contributed by atoms with Gasteiger partial charge in [0.1, 0.15) is 5.69 Å². The Hall–Kier alpha value is -4.10. The molecule has 10 nitrogen and oxygen atoms in total. The minimum absolute atomic E-state index is 0.219. The highest BCUT2D eigenvalue weighted by atomic mass is 35.5. The van der Waals surface area contributed by atoms with E-state index in [-0.39, 0.29) is 28.6 Å². The largest absolute Gasteiger partial charge is 0.391 e. The molecule has 0 bridgehead atoms. The van der Waals surface area contributed by atoms with E-state index in [0.717, 1.165) is 30.1 Å². The lowest BCUT2D eigenvalue weighted by Crippen LogP contribution is -2.23. The fourth-order valence-corrected chi connectivity index (χ4v) is 4.36. The Bertz CT molecular complexity index is 1500. The molecule has 1 aliphatic heterocycles. The minimum atomic E-state index is -2.99. The molecule has 202 valence electrons. The number of aliphatic hydroxyl groups excluding tert-OH is 1. The summed E-state index contributed by atoms with van der Waals surface area (Å²) < 4.78 is 43.3. The van der Waals surface area contributed by atoms with Gasteiger partial charge in [0.2, 0.25) is 5.95 Å². The van der Waals surface area contributed by atoms with E-state index in [9.17, 15) is 23.1 Å². The van der Waals surface area contributed by atoms with Crippen LogP contribution in [0.2, 0.25) is 5.02 Å². The summed E-state index contributed by atoms with van der Waals surface area (Å²) in [6.45, 7) is 3.06. The average molecular weight is 559 g/mol. The number of alkyl halides is 2. The van der Waals surface area contributed by atoms with Crippen molar-refractivity contribution in [3.63, 3.8) is 0 Å². The summed E-state index contributed by atoms with van der Waals surface area (Å²) in [4.78, 5) is 31.5. The summed E-state index contributed by atoms with van der Waals surface area (Å²) in [6.07, 6.45) is 5.90. The van der Waals surface area contributed by atoms with Crippen molar-refractivity contribution in [3.05, 3.63) is 77.0 Å². The third-order valence-electron chi connectivity index (χ3n) is 6.33. The maximum absolute atomic E-state index is 14.7. The zero-order valence-corrected chi connectivity index (χ0v) is 21.2. The number of hydrogen-bond acceptors (Lipinski definition) is 8. The van der Waals surface area contributed by atoms with Gasteiger partial charge >= 0.3 is 0 Å². The minimum Gasteiger partial charge on any atom is -0.391 e. The van der Waals surface area contributed by atoms with Crippen LogP contribution in [0.5, 0.6) is 0 Å². The zero-order chi connectivity index (χ0) is 27.7. The molecular weight excluding hydrogens is 537 g/mol. The van der Waals surface area contributed by atoms with Crippen molar-refractivity contribution in [2.24, 2.45) is 0 Å². The molecule has 3 aromatic heterocycles. The SMILES string of the molecule is CC(c1cnc(N2CC[C@H](O)C2)nc1)n1cc(NC(=O)c2cncc(-c3c(C(F)F)ccc(Cl)c3F)n2)cn1. The molecule has 0 aliphatic carbocycles. The highest BCUT2D eigenvalue weighted by Gasteiger charge is 2.24. The summed E-state index contributed by atoms with van der Waals surface area (Å²) >= 11 is 5.79. The first-order chi connectivity index (χ1) is 18.7. The molecule has 2 N–H and O–H groups in total. The van der Waals surface area contributed by atoms with Gasteiger partial charge in [0.15, 0.2) is 5.82 Å². The molecule has 0 spiro atoms. The quantitative estimate of drug-likeness (QED) is 0.344. The number of amides is 1. The van der Waals surface area contributed by atoms with Crippen molar-refractivity contribution in [3.8, 4) is 11.3 Å². The predicted molar refractivity (Wildman–Crippen MR) is 136 cm³/mol. The molecule has 1 aromatic carbocycles. The molecule has 2 atom stereocenters. The zero-order valence-electron chi connectivity index (χ0n) is 20.5. The molecule has 1 unspecified atom stereocenters. The van der Waals surface area contributed by atoms with Crippen molar-refractivity contribution in [2.75, 3.05) is 23.3 Å². The second-order valence-corrected chi connectivity index (χ2v) is 9.37. The normalized spacial score (nSPS) is 16.1. The van der Waals surface area contributed by atoms with Gasteiger partial charge in [0.25, 0.3) is 12.3 Å². The summed E-state index contributed by atoms with van der Waals surface area (Å²) in [6, 6.07) is 1.77. The highest BCUT2D eigenvalue weighted by Crippen LogP contribution is 2.35. The Labute approximate surface area is 225 Å². The van der Waals surface area contributed by atoms with Crippen LogP contribution in [-0.4, -0.2) is 59.9 Å². The topological polar surface area (TPSA) is 122 Å². The van der Waals surface area contributed by atoms with Crippen LogP contribution >= 0.6 is 11.6 Å². The van der Waals surface area contributed by atoms with E-state index >= 15 is 0 Å². The molecule has 39 heavy (non-hydrogen) atoms. The Kier molecular flexibility index (Phi) is 7.44. The van der Waals surface area contributed by atoms with Gasteiger partial charge in [-0.25, -0.2) is 28.1 Å². The molecular formula is C25H22ClF3N8O2. The van der Waals surface area contributed by atoms with Crippen LogP contribution in [0.4, 0.5) is 24.8 Å². The van der Waals surface area contributed by atoms with E-state index in [1.54, 1.807) is 23.3 Å². The number of carbonyl (C=O) groups is 1. The summed E-state index contributed by atoms with van der Waals surface area (Å²) in [7, 11) is 0. The molecule has 1 saturated heterocycles. The summed E-state index contributed by atoms with van der Waals surface area (Å²) in [5, 5.41) is 16.3. The molecule has 4 heterocycles. The molecule has 0 saturated carbocycles. The standard InChI is InChI=1S/C25H22ClF3N8O2/c1-13(14-6-31-25(32-7-14)36-5-4-16(38)12-36)37-11-15(8-33-37)34-24(39)20-10-30-9-19(35-20)21-17(23(28)29)2-3-18(26)22(21)27/h2-3,6-11,13,16,23,38H,4-5,12H2,1H3,(H,34,39)/t13?,16-/m0/s1. The third kappa shape index (κ3) is 5.54. The van der Waals surface area contributed by atoms with E-state index in [0.29, 0.717) is 31.1 Å². The fourth-order valence-electron chi connectivity index (χ4n) is 4.20. The monoisotopic (exact) mass is 558 g/mol. The van der Waals surface area contributed by atoms with Crippen molar-refractivity contribution in [2.45, 2.75) is 31.9 Å². The van der Waals surface area contributed by atoms with Crippen LogP contribution < -0.4 is 10.2 Å². The molecule has 5 rings (SSSR count). The predicted octanol–water partition coefficient (Wildman–Crippen LogP) is 4.29. The third-order valence-corrected chi connectivity index (χ3v) is 6.62. The molecule has 1 aliphatic rings. The number of carbonyl (C=O) groups excluding carboxylic acids is 1. The van der Waals surface area contributed by atoms with Crippen molar-refractivity contribution in [1.29, 1.82) is 0 Å². The van der Waals surface area contributed by atoms with Gasteiger partial charge in [-0.15, -0.1) is 0 Å². The van der Waals surface area contributed by atoms with Crippen molar-refractivity contribution >= 4 is 29.1 Å². The first kappa shape index (κ1) is 26.5. The first-order valence-corrected chi connectivity index (χ1v) is 12.3. The lowest BCUT2D eigenvalue weighted by Gasteiger charge is -2.17. The number of benzene rings is 1. The number of hydrogen-bond donors (Lipinski definition) is 2. The first-order valence-electron chi connectivity index (χ1n) is 11.9. The van der Waals surface area contributed by atoms with Crippen LogP contribution in [0.15, 0.2) is 49.3 Å². The number of β-amino-alcohol motifs (C(OH)–C–C–N with tert-alkyl or cyclic N) is 1. The van der Waals surface area contributed by atoms with Gasteiger partial charge in [-0.05, 0) is 19.4 Å². The van der Waals surface area contributed by atoms with Crippen LogP contribution in [0.3, 0.4) is 0 Å². The van der Waals surface area contributed by atoms with Crippen LogP contribution in [0, 0.1) is 5.82 Å². The van der Waals surface area contributed by atoms with Gasteiger partial charge in [0.05, 0.1) is 47.1 Å². The molecule has 1 amide bonds. The maximum Gasteiger partial charge on any atom is 0.275 e. The van der Waals surface area contributed by atoms with Gasteiger partial charge < -0.3 is 15.3 Å². The Morgan fingerprint density at radius 3 is 2.64 bits per heavy atom.